The summed E-state index contributed by atoms with van der Waals surface area (Å²) in [6.45, 7) is 0. The van der Waals surface area contributed by atoms with Crippen LogP contribution in [-0.4, -0.2) is 5.90 Å². The minimum absolute atomic E-state index is 0.0267. The first-order valence-electron chi connectivity index (χ1n) is 8.25. The molecule has 0 fully saturated rings. The molecule has 1 N–H and O–H groups in total. The van der Waals surface area contributed by atoms with E-state index in [1.54, 1.807) is 24.3 Å². The highest BCUT2D eigenvalue weighted by Gasteiger charge is 2.42. The van der Waals surface area contributed by atoms with Crippen LogP contribution in [0.2, 0.25) is 0 Å². The molecule has 0 saturated carbocycles. The van der Waals surface area contributed by atoms with Crippen LogP contribution in [0.1, 0.15) is 22.6 Å². The Morgan fingerprint density at radius 1 is 0.926 bits per heavy atom. The average molecular weight is 366 g/mol. The van der Waals surface area contributed by atoms with Gasteiger partial charge in [0.05, 0.1) is 11.6 Å². The van der Waals surface area contributed by atoms with Crippen LogP contribution in [0.5, 0.6) is 5.75 Å². The first-order valence-corrected chi connectivity index (χ1v) is 8.25. The molecule has 134 valence electrons. The number of halogens is 3. The quantitative estimate of drug-likeness (QED) is 0.618. The number of nitrogens with one attached hydrogen (secondary N) is 1. The van der Waals surface area contributed by atoms with Crippen LogP contribution in [0.4, 0.5) is 13.2 Å². The van der Waals surface area contributed by atoms with E-state index in [0.717, 1.165) is 11.5 Å². The molecule has 1 aliphatic rings. The summed E-state index contributed by atoms with van der Waals surface area (Å²) in [5.41, 5.74) is -0.349. The van der Waals surface area contributed by atoms with E-state index < -0.39 is 23.6 Å². The molecule has 0 bridgehead atoms. The Balaban J connectivity index is 2.03. The predicted molar refractivity (Wildman–Crippen MR) is 94.7 cm³/mol. The topological polar surface area (TPSA) is 56.9 Å². The highest BCUT2D eigenvalue weighted by Crippen LogP contribution is 2.48. The lowest BCUT2D eigenvalue weighted by molar-refractivity contribution is -0.138. The largest absolute Gasteiger partial charge is 0.441 e. The fourth-order valence-electron chi connectivity index (χ4n) is 3.63. The molecule has 1 aliphatic heterocycles. The Bertz CT molecular complexity index is 1100. The maximum atomic E-state index is 13.6. The number of hydrogen-bond donors (Lipinski definition) is 1. The van der Waals surface area contributed by atoms with Gasteiger partial charge >= 0.3 is 6.18 Å². The minimum atomic E-state index is -4.56. The zero-order valence-corrected chi connectivity index (χ0v) is 13.9. The van der Waals surface area contributed by atoms with E-state index in [0.29, 0.717) is 16.7 Å². The lowest BCUT2D eigenvalue weighted by atomic mass is 9.76. The minimum Gasteiger partial charge on any atom is -0.441 e. The van der Waals surface area contributed by atoms with Gasteiger partial charge in [-0.25, -0.2) is 0 Å². The molecule has 4 rings (SSSR count). The second kappa shape index (κ2) is 6.13. The van der Waals surface area contributed by atoms with E-state index in [1.165, 1.54) is 18.2 Å². The van der Waals surface area contributed by atoms with Crippen LogP contribution in [-0.2, 0) is 6.18 Å². The van der Waals surface area contributed by atoms with E-state index in [-0.39, 0.29) is 11.5 Å². The molecular formula is C21H13F3N2O. The summed E-state index contributed by atoms with van der Waals surface area (Å²) < 4.78 is 46.4. The number of nitrogens with zero attached hydrogens (tertiary/aromatic N) is 1. The van der Waals surface area contributed by atoms with Gasteiger partial charge in [-0.2, -0.15) is 18.4 Å². The number of fused-ring (bicyclic) bond motifs is 3. The molecule has 27 heavy (non-hydrogen) atoms. The van der Waals surface area contributed by atoms with Gasteiger partial charge in [-0.1, -0.05) is 54.6 Å². The second-order valence-corrected chi connectivity index (χ2v) is 6.34. The summed E-state index contributed by atoms with van der Waals surface area (Å²) in [6.07, 6.45) is -4.56. The van der Waals surface area contributed by atoms with Crippen molar-refractivity contribution in [1.29, 1.82) is 10.7 Å². The van der Waals surface area contributed by atoms with Crippen molar-refractivity contribution in [3.63, 3.8) is 0 Å². The van der Waals surface area contributed by atoms with E-state index in [1.807, 2.05) is 18.2 Å². The van der Waals surface area contributed by atoms with Gasteiger partial charge < -0.3 is 4.74 Å². The van der Waals surface area contributed by atoms with Crippen molar-refractivity contribution in [3.05, 3.63) is 77.4 Å². The molecule has 2 unspecified atom stereocenters. The van der Waals surface area contributed by atoms with Crippen molar-refractivity contribution >= 4 is 16.7 Å². The Morgan fingerprint density at radius 2 is 1.63 bits per heavy atom. The highest BCUT2D eigenvalue weighted by molar-refractivity contribution is 5.95. The normalized spacial score (nSPS) is 19.3. The average Bonchev–Trinajstić information content (AvgIpc) is 2.66. The Kier molecular flexibility index (Phi) is 3.88. The fourth-order valence-corrected chi connectivity index (χ4v) is 3.63. The summed E-state index contributed by atoms with van der Waals surface area (Å²) in [5, 5.41) is 19.3. The third kappa shape index (κ3) is 2.72. The lowest BCUT2D eigenvalue weighted by Gasteiger charge is -2.32. The van der Waals surface area contributed by atoms with Crippen LogP contribution >= 0.6 is 0 Å². The molecule has 0 radical (unpaired) electrons. The summed E-state index contributed by atoms with van der Waals surface area (Å²) in [6, 6.07) is 17.9. The summed E-state index contributed by atoms with van der Waals surface area (Å²) >= 11 is 0. The monoisotopic (exact) mass is 366 g/mol. The van der Waals surface area contributed by atoms with E-state index in [4.69, 9.17) is 10.1 Å². The van der Waals surface area contributed by atoms with Crippen LogP contribution in [0.15, 0.2) is 60.7 Å². The molecule has 0 aromatic heterocycles. The van der Waals surface area contributed by atoms with Crippen LogP contribution in [0.3, 0.4) is 0 Å². The third-order valence-corrected chi connectivity index (χ3v) is 4.81. The van der Waals surface area contributed by atoms with Gasteiger partial charge in [0, 0.05) is 16.9 Å². The van der Waals surface area contributed by atoms with Crippen LogP contribution in [0.25, 0.3) is 10.8 Å². The number of nitriles is 1. The van der Waals surface area contributed by atoms with E-state index in [9.17, 15) is 18.4 Å². The molecule has 3 aromatic rings. The van der Waals surface area contributed by atoms with Gasteiger partial charge in [-0.05, 0) is 17.0 Å². The Morgan fingerprint density at radius 3 is 2.37 bits per heavy atom. The summed E-state index contributed by atoms with van der Waals surface area (Å²) in [4.78, 5) is 0. The van der Waals surface area contributed by atoms with Gasteiger partial charge in [0.1, 0.15) is 11.7 Å². The third-order valence-electron chi connectivity index (χ3n) is 4.81. The van der Waals surface area contributed by atoms with E-state index in [2.05, 4.69) is 0 Å². The number of rotatable bonds is 1. The molecule has 3 aromatic carbocycles. The van der Waals surface area contributed by atoms with Gasteiger partial charge in [-0.3, -0.25) is 5.41 Å². The predicted octanol–water partition coefficient (Wildman–Crippen LogP) is 5.50. The van der Waals surface area contributed by atoms with Crippen molar-refractivity contribution in [3.8, 4) is 11.8 Å². The fraction of sp³-hybridized carbons (Fsp3) is 0.143. The maximum Gasteiger partial charge on any atom is 0.416 e. The van der Waals surface area contributed by atoms with Crippen molar-refractivity contribution in [1.82, 2.24) is 0 Å². The van der Waals surface area contributed by atoms with Crippen molar-refractivity contribution in [2.45, 2.75) is 12.1 Å². The van der Waals surface area contributed by atoms with Crippen LogP contribution in [0, 0.1) is 22.7 Å². The molecule has 2 atom stereocenters. The first-order chi connectivity index (χ1) is 12.9. The SMILES string of the molecule is N#CC1C(=N)Oc2c(ccc3ccccc23)C1c1ccccc1C(F)(F)F. The van der Waals surface area contributed by atoms with Crippen LogP contribution < -0.4 is 4.74 Å². The van der Waals surface area contributed by atoms with Gasteiger partial charge in [0.25, 0.3) is 0 Å². The first kappa shape index (κ1) is 17.1. The van der Waals surface area contributed by atoms with Crippen molar-refractivity contribution in [2.24, 2.45) is 5.92 Å². The number of ether oxygens (including phenoxy) is 1. The molecule has 0 amide bonds. The number of benzene rings is 3. The molecule has 0 saturated heterocycles. The van der Waals surface area contributed by atoms with E-state index >= 15 is 0 Å². The number of alkyl halides is 3. The molecular weight excluding hydrogens is 353 g/mol. The van der Waals surface area contributed by atoms with Gasteiger partial charge in [-0.15, -0.1) is 0 Å². The zero-order valence-electron chi connectivity index (χ0n) is 13.9. The molecule has 0 spiro atoms. The second-order valence-electron chi connectivity index (χ2n) is 6.34. The smallest absolute Gasteiger partial charge is 0.416 e. The molecule has 6 heteroatoms. The Hall–Kier alpha value is -3.33. The van der Waals surface area contributed by atoms with Crippen molar-refractivity contribution in [2.75, 3.05) is 0 Å². The van der Waals surface area contributed by atoms with Crippen molar-refractivity contribution < 1.29 is 17.9 Å². The summed E-state index contributed by atoms with van der Waals surface area (Å²) in [7, 11) is 0. The highest BCUT2D eigenvalue weighted by atomic mass is 19.4. The van der Waals surface area contributed by atoms with Gasteiger partial charge in [0.15, 0.2) is 0 Å². The maximum absolute atomic E-state index is 13.6. The summed E-state index contributed by atoms with van der Waals surface area (Å²) in [5.74, 6) is -2.08. The number of hydrogen-bond acceptors (Lipinski definition) is 3. The van der Waals surface area contributed by atoms with Gasteiger partial charge in [0.2, 0.25) is 5.90 Å². The Labute approximate surface area is 153 Å². The molecule has 1 heterocycles. The molecule has 3 nitrogen and oxygen atoms in total. The standard InChI is InChI=1S/C21H13F3N2O/c22-21(23,24)17-8-4-3-7-14(17)18-15-10-9-12-5-1-2-6-13(12)19(15)27-20(26)16(18)11-25/h1-10,16,18,26H. The zero-order chi connectivity index (χ0) is 19.2. The lowest BCUT2D eigenvalue weighted by Crippen LogP contribution is -2.32. The molecule has 0 aliphatic carbocycles.